The van der Waals surface area contributed by atoms with Crippen LogP contribution in [0.2, 0.25) is 0 Å². The van der Waals surface area contributed by atoms with Crippen molar-refractivity contribution in [1.29, 1.82) is 0 Å². The Morgan fingerprint density at radius 2 is 1.98 bits per heavy atom. The van der Waals surface area contributed by atoms with Crippen LogP contribution >= 0.6 is 0 Å². The number of carbonyl (C=O) groups is 1. The number of hydrogen-bond donors (Lipinski definition) is 2. The Bertz CT molecular complexity index is 1720. The minimum absolute atomic E-state index is 0.0368. The number of aromatic nitrogens is 5. The van der Waals surface area contributed by atoms with Crippen LogP contribution in [0.5, 0.6) is 11.8 Å². The fourth-order valence-electron chi connectivity index (χ4n) is 4.09. The fraction of sp³-hybridized carbons (Fsp3) is 0.167. The number of allylic oxidation sites excluding steroid dienone is 3. The van der Waals surface area contributed by atoms with Gasteiger partial charge >= 0.3 is 6.01 Å². The van der Waals surface area contributed by atoms with Crippen molar-refractivity contribution >= 4 is 28.3 Å². The lowest BCUT2D eigenvalue weighted by Crippen LogP contribution is -2.22. The minimum Gasteiger partial charge on any atom is -0.421 e. The summed E-state index contributed by atoms with van der Waals surface area (Å²) >= 11 is 0. The second-order valence-corrected chi connectivity index (χ2v) is 9.18. The Morgan fingerprint density at radius 3 is 2.66 bits per heavy atom. The predicted octanol–water partition coefficient (Wildman–Crippen LogP) is 5.04. The average Bonchev–Trinajstić information content (AvgIpc) is 3.24. The van der Waals surface area contributed by atoms with E-state index in [9.17, 15) is 4.79 Å². The molecule has 4 aromatic rings. The van der Waals surface area contributed by atoms with Crippen LogP contribution in [-0.4, -0.2) is 44.1 Å². The van der Waals surface area contributed by atoms with Crippen LogP contribution in [0.4, 0.5) is 10.2 Å². The van der Waals surface area contributed by atoms with E-state index in [2.05, 4.69) is 38.4 Å². The summed E-state index contributed by atoms with van der Waals surface area (Å²) in [7, 11) is 3.36. The first-order valence-electron chi connectivity index (χ1n) is 12.5. The molecule has 0 saturated heterocycles. The highest BCUT2D eigenvalue weighted by atomic mass is 19.1. The van der Waals surface area contributed by atoms with E-state index in [1.54, 1.807) is 58.4 Å². The summed E-state index contributed by atoms with van der Waals surface area (Å²) in [5, 5.41) is 3.33. The number of carbonyl (C=O) groups excluding carboxylic acids is 1. The van der Waals surface area contributed by atoms with E-state index in [0.29, 0.717) is 50.4 Å². The fourth-order valence-corrected chi connectivity index (χ4v) is 4.09. The standard InChI is InChI=1S/C30H30FN7O3/c1-17(2)29(39)37-21(12-14-40-6)9-7-18(3)26-24(25-27(32)34-16-35-28(25)38(26)5)20-8-10-23(22(31)15-20)41-30-33-13-11-19(4)36-30/h7-13,15-16H,1,3,14H2,2,4-6H3,(H,37,39)(H2,32,34,35)/b9-7-,21-12+. The van der Waals surface area contributed by atoms with Crippen molar-refractivity contribution in [3.63, 3.8) is 0 Å². The summed E-state index contributed by atoms with van der Waals surface area (Å²) in [6.45, 7) is 11.6. The van der Waals surface area contributed by atoms with Crippen LogP contribution in [-0.2, 0) is 16.6 Å². The van der Waals surface area contributed by atoms with Gasteiger partial charge in [0.2, 0.25) is 0 Å². The molecule has 3 heterocycles. The number of halogens is 1. The Morgan fingerprint density at radius 1 is 1.20 bits per heavy atom. The van der Waals surface area contributed by atoms with Gasteiger partial charge in [0.05, 0.1) is 17.7 Å². The third-order valence-corrected chi connectivity index (χ3v) is 6.07. The number of nitrogens with zero attached hydrogens (tertiary/aromatic N) is 5. The maximum absolute atomic E-state index is 15.4. The van der Waals surface area contributed by atoms with Crippen molar-refractivity contribution < 1.29 is 18.7 Å². The molecule has 3 aromatic heterocycles. The van der Waals surface area contributed by atoms with Gasteiger partial charge in [-0.05, 0) is 55.3 Å². The Hall–Kier alpha value is -5.16. The van der Waals surface area contributed by atoms with Crippen molar-refractivity contribution in [2.75, 3.05) is 19.5 Å². The number of fused-ring (bicyclic) bond motifs is 1. The van der Waals surface area contributed by atoms with Crippen LogP contribution in [0.15, 0.2) is 79.4 Å². The summed E-state index contributed by atoms with van der Waals surface area (Å²) in [5.74, 6) is -0.763. The monoisotopic (exact) mass is 555 g/mol. The first-order chi connectivity index (χ1) is 19.6. The van der Waals surface area contributed by atoms with E-state index in [1.807, 2.05) is 4.57 Å². The molecule has 1 aromatic carbocycles. The van der Waals surface area contributed by atoms with Crippen molar-refractivity contribution in [2.45, 2.75) is 13.8 Å². The van der Waals surface area contributed by atoms with Gasteiger partial charge in [0.1, 0.15) is 17.8 Å². The summed E-state index contributed by atoms with van der Waals surface area (Å²) in [4.78, 5) is 29.0. The zero-order chi connectivity index (χ0) is 29.7. The zero-order valence-electron chi connectivity index (χ0n) is 23.2. The quantitative estimate of drug-likeness (QED) is 0.206. The van der Waals surface area contributed by atoms with Gasteiger partial charge in [-0.2, -0.15) is 0 Å². The molecule has 11 heteroatoms. The van der Waals surface area contributed by atoms with E-state index < -0.39 is 5.82 Å². The summed E-state index contributed by atoms with van der Waals surface area (Å²) in [6.07, 6.45) is 8.03. The number of nitrogens with one attached hydrogen (secondary N) is 1. The maximum Gasteiger partial charge on any atom is 0.322 e. The molecule has 0 saturated carbocycles. The molecule has 0 aliphatic carbocycles. The van der Waals surface area contributed by atoms with Gasteiger partial charge < -0.3 is 25.1 Å². The van der Waals surface area contributed by atoms with Gasteiger partial charge in [0, 0.05) is 42.9 Å². The number of benzene rings is 1. The highest BCUT2D eigenvalue weighted by molar-refractivity contribution is 6.06. The molecular formula is C30H30FN7O3. The Kier molecular flexibility index (Phi) is 8.69. The number of anilines is 1. The van der Waals surface area contributed by atoms with E-state index in [-0.39, 0.29) is 30.1 Å². The molecule has 0 aliphatic heterocycles. The maximum atomic E-state index is 15.4. The molecule has 0 aliphatic rings. The smallest absolute Gasteiger partial charge is 0.322 e. The van der Waals surface area contributed by atoms with E-state index in [0.717, 1.165) is 0 Å². The van der Waals surface area contributed by atoms with Crippen molar-refractivity contribution in [1.82, 2.24) is 29.8 Å². The second-order valence-electron chi connectivity index (χ2n) is 9.18. The molecular weight excluding hydrogens is 525 g/mol. The third-order valence-electron chi connectivity index (χ3n) is 6.07. The van der Waals surface area contributed by atoms with E-state index in [4.69, 9.17) is 15.2 Å². The highest BCUT2D eigenvalue weighted by Crippen LogP contribution is 2.40. The van der Waals surface area contributed by atoms with Gasteiger partial charge in [-0.25, -0.2) is 24.3 Å². The average molecular weight is 556 g/mol. The lowest BCUT2D eigenvalue weighted by atomic mass is 9.98. The molecule has 4 rings (SSSR count). The van der Waals surface area contributed by atoms with Crippen LogP contribution in [0, 0.1) is 12.7 Å². The van der Waals surface area contributed by atoms with Crippen molar-refractivity contribution in [3.05, 3.63) is 96.7 Å². The number of rotatable bonds is 10. The predicted molar refractivity (Wildman–Crippen MR) is 156 cm³/mol. The molecule has 10 nitrogen and oxygen atoms in total. The van der Waals surface area contributed by atoms with Crippen LogP contribution < -0.4 is 15.8 Å². The number of hydrogen-bond acceptors (Lipinski definition) is 8. The van der Waals surface area contributed by atoms with E-state index >= 15 is 4.39 Å². The lowest BCUT2D eigenvalue weighted by molar-refractivity contribution is -0.116. The molecule has 1 amide bonds. The first-order valence-corrected chi connectivity index (χ1v) is 12.5. The van der Waals surface area contributed by atoms with Gasteiger partial charge in [-0.1, -0.05) is 25.3 Å². The number of ether oxygens (including phenoxy) is 2. The number of aryl methyl sites for hydroxylation is 2. The summed E-state index contributed by atoms with van der Waals surface area (Å²) in [5.41, 5.74) is 10.6. The Balaban J connectivity index is 1.78. The first kappa shape index (κ1) is 28.8. The SMILES string of the molecule is C=C(C)C(=O)NC(/C=C\C(=C)c1c(-c2ccc(Oc3nccc(C)n3)c(F)c2)c2c(N)ncnc2n1C)=C/COC. The molecule has 0 radical (unpaired) electrons. The van der Waals surface area contributed by atoms with Crippen LogP contribution in [0.3, 0.4) is 0 Å². The highest BCUT2D eigenvalue weighted by Gasteiger charge is 2.23. The van der Waals surface area contributed by atoms with Gasteiger partial charge in [-0.3, -0.25) is 4.79 Å². The summed E-state index contributed by atoms with van der Waals surface area (Å²) in [6, 6.07) is 6.29. The Labute approximate surface area is 236 Å². The normalized spacial score (nSPS) is 11.7. The molecule has 3 N–H and O–H groups in total. The third kappa shape index (κ3) is 6.36. The molecule has 0 bridgehead atoms. The molecule has 0 spiro atoms. The van der Waals surface area contributed by atoms with Gasteiger partial charge in [-0.15, -0.1) is 0 Å². The number of methoxy groups -OCH3 is 1. The molecule has 210 valence electrons. The van der Waals surface area contributed by atoms with E-state index in [1.165, 1.54) is 24.7 Å². The second kappa shape index (κ2) is 12.3. The van der Waals surface area contributed by atoms with Crippen molar-refractivity contribution in [3.8, 4) is 22.9 Å². The summed E-state index contributed by atoms with van der Waals surface area (Å²) < 4.78 is 27.9. The minimum atomic E-state index is -0.626. The zero-order valence-corrected chi connectivity index (χ0v) is 23.2. The molecule has 0 atom stereocenters. The largest absolute Gasteiger partial charge is 0.421 e. The number of amides is 1. The molecule has 0 unspecified atom stereocenters. The van der Waals surface area contributed by atoms with Crippen LogP contribution in [0.1, 0.15) is 18.3 Å². The lowest BCUT2D eigenvalue weighted by Gasteiger charge is -2.11. The molecule has 41 heavy (non-hydrogen) atoms. The topological polar surface area (TPSA) is 130 Å². The van der Waals surface area contributed by atoms with Crippen LogP contribution in [0.25, 0.3) is 27.7 Å². The number of nitrogen functional groups attached to an aromatic ring is 1. The molecule has 0 fully saturated rings. The van der Waals surface area contributed by atoms with Gasteiger partial charge in [0.25, 0.3) is 5.91 Å². The van der Waals surface area contributed by atoms with Gasteiger partial charge in [0.15, 0.2) is 11.6 Å². The number of nitrogens with two attached hydrogens (primary N) is 1. The van der Waals surface area contributed by atoms with Crippen molar-refractivity contribution in [2.24, 2.45) is 7.05 Å².